The Morgan fingerprint density at radius 3 is 2.50 bits per heavy atom. The van der Waals surface area contributed by atoms with Crippen molar-refractivity contribution in [2.45, 2.75) is 45.3 Å². The van der Waals surface area contributed by atoms with Crippen LogP contribution in [0.25, 0.3) is 0 Å². The van der Waals surface area contributed by atoms with Crippen LogP contribution in [0.5, 0.6) is 0 Å². The van der Waals surface area contributed by atoms with Crippen molar-refractivity contribution >= 4 is 11.8 Å². The molecule has 0 aliphatic carbocycles. The van der Waals surface area contributed by atoms with Gasteiger partial charge < -0.3 is 10.2 Å². The lowest BCUT2D eigenvalue weighted by molar-refractivity contribution is -0.149. The molecular formula is C15H19FN2O2. The third kappa shape index (κ3) is 2.98. The van der Waals surface area contributed by atoms with Crippen molar-refractivity contribution in [3.63, 3.8) is 0 Å². The van der Waals surface area contributed by atoms with E-state index in [4.69, 9.17) is 0 Å². The minimum atomic E-state index is -0.499. The van der Waals surface area contributed by atoms with E-state index >= 15 is 0 Å². The van der Waals surface area contributed by atoms with Gasteiger partial charge in [0, 0.05) is 6.54 Å². The van der Waals surface area contributed by atoms with E-state index in [0.29, 0.717) is 13.0 Å². The van der Waals surface area contributed by atoms with E-state index in [2.05, 4.69) is 5.32 Å². The fraction of sp³-hybridized carbons (Fsp3) is 0.467. The zero-order valence-electron chi connectivity index (χ0n) is 11.7. The number of carbonyl (C=O) groups is 2. The third-order valence-electron chi connectivity index (χ3n) is 3.59. The fourth-order valence-corrected chi connectivity index (χ4v) is 2.37. The van der Waals surface area contributed by atoms with Crippen LogP contribution in [-0.2, 0) is 16.1 Å². The monoisotopic (exact) mass is 278 g/mol. The lowest BCUT2D eigenvalue weighted by Gasteiger charge is -2.37. The summed E-state index contributed by atoms with van der Waals surface area (Å²) >= 11 is 0. The first-order valence-electron chi connectivity index (χ1n) is 6.88. The van der Waals surface area contributed by atoms with Crippen molar-refractivity contribution in [3.05, 3.63) is 35.6 Å². The summed E-state index contributed by atoms with van der Waals surface area (Å²) in [5.41, 5.74) is 0.816. The Morgan fingerprint density at radius 1 is 1.25 bits per heavy atom. The largest absolute Gasteiger partial charge is 0.343 e. The molecule has 0 saturated carbocycles. The molecule has 20 heavy (non-hydrogen) atoms. The van der Waals surface area contributed by atoms with Gasteiger partial charge in [-0.05, 0) is 31.0 Å². The highest BCUT2D eigenvalue weighted by Crippen LogP contribution is 2.17. The van der Waals surface area contributed by atoms with Crippen LogP contribution in [0, 0.1) is 5.82 Å². The maximum absolute atomic E-state index is 12.9. The molecule has 1 heterocycles. The molecule has 108 valence electrons. The van der Waals surface area contributed by atoms with Crippen LogP contribution in [0.1, 0.15) is 32.3 Å². The van der Waals surface area contributed by atoms with Crippen molar-refractivity contribution in [1.29, 1.82) is 0 Å². The summed E-state index contributed by atoms with van der Waals surface area (Å²) in [5, 5.41) is 2.75. The second-order valence-corrected chi connectivity index (χ2v) is 5.12. The van der Waals surface area contributed by atoms with Crippen LogP contribution in [0.4, 0.5) is 4.39 Å². The zero-order chi connectivity index (χ0) is 14.7. The summed E-state index contributed by atoms with van der Waals surface area (Å²) in [6.45, 7) is 4.01. The van der Waals surface area contributed by atoms with Gasteiger partial charge in [-0.15, -0.1) is 0 Å². The minimum absolute atomic E-state index is 0.0664. The van der Waals surface area contributed by atoms with Crippen LogP contribution in [0.3, 0.4) is 0 Å². The van der Waals surface area contributed by atoms with E-state index in [1.165, 1.54) is 12.1 Å². The molecule has 2 unspecified atom stereocenters. The number of nitrogens with zero attached hydrogens (tertiary/aromatic N) is 1. The van der Waals surface area contributed by atoms with Crippen molar-refractivity contribution in [1.82, 2.24) is 10.2 Å². The molecular weight excluding hydrogens is 259 g/mol. The van der Waals surface area contributed by atoms with Gasteiger partial charge in [0.25, 0.3) is 0 Å². The summed E-state index contributed by atoms with van der Waals surface area (Å²) in [6, 6.07) is 5.05. The van der Waals surface area contributed by atoms with Crippen LogP contribution in [0.15, 0.2) is 24.3 Å². The van der Waals surface area contributed by atoms with Crippen LogP contribution >= 0.6 is 0 Å². The number of benzene rings is 1. The fourth-order valence-electron chi connectivity index (χ4n) is 2.37. The quantitative estimate of drug-likeness (QED) is 0.913. The van der Waals surface area contributed by atoms with Gasteiger partial charge in [-0.2, -0.15) is 0 Å². The molecule has 2 amide bonds. The number of carbonyl (C=O) groups excluding carboxylic acids is 2. The predicted octanol–water partition coefficient (Wildman–Crippen LogP) is 1.84. The predicted molar refractivity (Wildman–Crippen MR) is 73.3 cm³/mol. The highest BCUT2D eigenvalue weighted by atomic mass is 19.1. The highest BCUT2D eigenvalue weighted by Gasteiger charge is 2.37. The van der Waals surface area contributed by atoms with Gasteiger partial charge in [0.2, 0.25) is 11.8 Å². The average Bonchev–Trinajstić information content (AvgIpc) is 2.43. The Hall–Kier alpha value is -1.91. The van der Waals surface area contributed by atoms with E-state index in [9.17, 15) is 14.0 Å². The smallest absolute Gasteiger partial charge is 0.246 e. The average molecular weight is 278 g/mol. The molecule has 1 aliphatic rings. The second-order valence-electron chi connectivity index (χ2n) is 5.12. The number of hydrogen-bond acceptors (Lipinski definition) is 2. The van der Waals surface area contributed by atoms with Gasteiger partial charge in [-0.3, -0.25) is 9.59 Å². The Labute approximate surface area is 118 Å². The van der Waals surface area contributed by atoms with Crippen molar-refractivity contribution in [2.75, 3.05) is 0 Å². The summed E-state index contributed by atoms with van der Waals surface area (Å²) in [5.74, 6) is -0.512. The molecule has 1 saturated heterocycles. The second kappa shape index (κ2) is 6.03. The molecule has 1 aromatic carbocycles. The molecule has 0 bridgehead atoms. The van der Waals surface area contributed by atoms with Crippen LogP contribution in [0.2, 0.25) is 0 Å². The highest BCUT2D eigenvalue weighted by molar-refractivity contribution is 5.96. The lowest BCUT2D eigenvalue weighted by atomic mass is 10.0. The molecule has 1 fully saturated rings. The molecule has 4 nitrogen and oxygen atoms in total. The molecule has 5 heteroatoms. The van der Waals surface area contributed by atoms with E-state index in [1.54, 1.807) is 24.0 Å². The van der Waals surface area contributed by atoms with E-state index in [1.807, 2.05) is 6.92 Å². The van der Waals surface area contributed by atoms with Crippen molar-refractivity contribution in [2.24, 2.45) is 0 Å². The van der Waals surface area contributed by atoms with Gasteiger partial charge in [0.1, 0.15) is 17.9 Å². The number of amides is 2. The van der Waals surface area contributed by atoms with Gasteiger partial charge >= 0.3 is 0 Å². The molecule has 0 radical (unpaired) electrons. The Kier molecular flexibility index (Phi) is 4.37. The molecule has 2 atom stereocenters. The molecule has 1 aromatic rings. The molecule has 1 aliphatic heterocycles. The summed E-state index contributed by atoms with van der Waals surface area (Å²) in [7, 11) is 0. The van der Waals surface area contributed by atoms with Crippen LogP contribution < -0.4 is 5.32 Å². The van der Waals surface area contributed by atoms with Crippen molar-refractivity contribution < 1.29 is 14.0 Å². The van der Waals surface area contributed by atoms with Crippen LogP contribution in [-0.4, -0.2) is 28.8 Å². The normalized spacial score (nSPS) is 22.9. The molecule has 0 spiro atoms. The van der Waals surface area contributed by atoms with E-state index in [0.717, 1.165) is 12.0 Å². The Balaban J connectivity index is 2.16. The van der Waals surface area contributed by atoms with Gasteiger partial charge in [-0.25, -0.2) is 4.39 Å². The number of nitrogens with one attached hydrogen (secondary N) is 1. The standard InChI is InChI=1S/C15H19FN2O2/c1-3-4-13-15(20)18(10(2)14(19)17-13)9-11-5-7-12(16)8-6-11/h5-8,10,13H,3-4,9H2,1-2H3,(H,17,19). The number of halogens is 1. The first-order valence-corrected chi connectivity index (χ1v) is 6.88. The summed E-state index contributed by atoms with van der Waals surface area (Å²) in [4.78, 5) is 25.9. The lowest BCUT2D eigenvalue weighted by Crippen LogP contribution is -2.61. The Morgan fingerprint density at radius 2 is 1.90 bits per heavy atom. The minimum Gasteiger partial charge on any atom is -0.343 e. The maximum Gasteiger partial charge on any atom is 0.246 e. The summed E-state index contributed by atoms with van der Waals surface area (Å²) in [6.07, 6.45) is 1.46. The van der Waals surface area contributed by atoms with Gasteiger partial charge in [0.05, 0.1) is 0 Å². The number of hydrogen-bond donors (Lipinski definition) is 1. The molecule has 1 N–H and O–H groups in total. The zero-order valence-corrected chi connectivity index (χ0v) is 11.7. The van der Waals surface area contributed by atoms with Crippen molar-refractivity contribution in [3.8, 4) is 0 Å². The topological polar surface area (TPSA) is 49.4 Å². The SMILES string of the molecule is CCCC1NC(=O)C(C)N(Cc2ccc(F)cc2)C1=O. The van der Waals surface area contributed by atoms with Gasteiger partial charge in [-0.1, -0.05) is 25.5 Å². The number of rotatable bonds is 4. The third-order valence-corrected chi connectivity index (χ3v) is 3.59. The Bertz CT molecular complexity index is 501. The van der Waals surface area contributed by atoms with E-state index in [-0.39, 0.29) is 17.6 Å². The molecule has 2 rings (SSSR count). The van der Waals surface area contributed by atoms with E-state index < -0.39 is 12.1 Å². The maximum atomic E-state index is 12.9. The number of piperazine rings is 1. The first-order chi connectivity index (χ1) is 9.52. The molecule has 0 aromatic heterocycles. The first kappa shape index (κ1) is 14.5. The van der Waals surface area contributed by atoms with Gasteiger partial charge in [0.15, 0.2) is 0 Å². The summed E-state index contributed by atoms with van der Waals surface area (Å²) < 4.78 is 12.9.